The molecule has 12 nitrogen and oxygen atoms in total. The van der Waals surface area contributed by atoms with Crippen molar-refractivity contribution in [2.24, 2.45) is 29.2 Å². The number of nitrogens with one attached hydrogen (secondary N) is 1. The van der Waals surface area contributed by atoms with E-state index in [1.54, 1.807) is 38.2 Å². The van der Waals surface area contributed by atoms with Crippen LogP contribution in [0.25, 0.3) is 0 Å². The van der Waals surface area contributed by atoms with E-state index < -0.39 is 21.7 Å². The number of nitrogens with zero attached hydrogens (tertiary/aromatic N) is 5. The van der Waals surface area contributed by atoms with E-state index in [0.29, 0.717) is 56.1 Å². The average Bonchev–Trinajstić information content (AvgIpc) is 3.43. The Morgan fingerprint density at radius 2 is 1.93 bits per heavy atom. The molecule has 3 aliphatic heterocycles. The molecule has 1 saturated carbocycles. The Morgan fingerprint density at radius 3 is 2.69 bits per heavy atom. The number of allylic oxidation sites excluding steroid dienone is 1. The number of ether oxygens (including phenoxy) is 3. The summed E-state index contributed by atoms with van der Waals surface area (Å²) in [6, 6.07) is 11.6. The van der Waals surface area contributed by atoms with Gasteiger partial charge in [0.1, 0.15) is 21.2 Å². The summed E-state index contributed by atoms with van der Waals surface area (Å²) in [5.41, 5.74) is 3.62. The smallest absolute Gasteiger partial charge is 0.286 e. The Hall–Kier alpha value is -3.91. The Kier molecular flexibility index (Phi) is 10.5. The van der Waals surface area contributed by atoms with Crippen molar-refractivity contribution in [3.63, 3.8) is 0 Å². The van der Waals surface area contributed by atoms with Crippen LogP contribution >= 0.6 is 11.6 Å². The zero-order chi connectivity index (χ0) is 38.5. The Labute approximate surface area is 328 Å². The first-order valence-electron chi connectivity index (χ1n) is 19.4. The SMILES string of the molecule is COC1CN(c2nn(C)cc2C(=O)NS2(=O)=NC(=O)c3ccc4c(c3)N(C[C@@H]3CC[C@H]3[C@@H](OC)/C=C\C[C@H](C)C2)C[C@@]2(CCCc3cc(Cl)ccc32)CO4)C1. The number of anilines is 2. The molecule has 4 heterocycles. The third kappa shape index (κ3) is 7.52. The first kappa shape index (κ1) is 38.0. The number of halogens is 1. The van der Waals surface area contributed by atoms with Crippen molar-refractivity contribution in [2.75, 3.05) is 62.6 Å². The molecule has 8 rings (SSSR count). The second kappa shape index (κ2) is 15.2. The lowest BCUT2D eigenvalue weighted by Gasteiger charge is -2.46. The summed E-state index contributed by atoms with van der Waals surface area (Å²) in [4.78, 5) is 32.5. The summed E-state index contributed by atoms with van der Waals surface area (Å²) in [5.74, 6) is 0.431. The van der Waals surface area contributed by atoms with Gasteiger partial charge < -0.3 is 24.0 Å². The number of fused-ring (bicyclic) bond motifs is 4. The molecule has 1 aromatic heterocycles. The van der Waals surface area contributed by atoms with Crippen LogP contribution in [-0.4, -0.2) is 90.8 Å². The zero-order valence-corrected chi connectivity index (χ0v) is 33.6. The number of carbonyl (C=O) groups is 2. The first-order chi connectivity index (χ1) is 26.5. The van der Waals surface area contributed by atoms with E-state index in [0.717, 1.165) is 49.4 Å². The van der Waals surface area contributed by atoms with Gasteiger partial charge in [-0.1, -0.05) is 36.7 Å². The van der Waals surface area contributed by atoms with Gasteiger partial charge in [-0.15, -0.1) is 4.36 Å². The summed E-state index contributed by atoms with van der Waals surface area (Å²) in [7, 11) is 1.55. The number of carbonyl (C=O) groups excluding carboxylic acids is 2. The highest BCUT2D eigenvalue weighted by molar-refractivity contribution is 7.92. The van der Waals surface area contributed by atoms with Crippen molar-refractivity contribution in [1.29, 1.82) is 0 Å². The molecule has 14 heteroatoms. The normalized spacial score (nSPS) is 30.2. The molecule has 1 unspecified atom stereocenters. The molecule has 0 radical (unpaired) electrons. The van der Waals surface area contributed by atoms with E-state index in [2.05, 4.69) is 43.4 Å². The molecule has 6 atom stereocenters. The molecule has 5 aliphatic rings. The third-order valence-electron chi connectivity index (χ3n) is 12.3. The van der Waals surface area contributed by atoms with Gasteiger partial charge in [-0.3, -0.25) is 19.0 Å². The van der Waals surface area contributed by atoms with E-state index in [9.17, 15) is 13.8 Å². The van der Waals surface area contributed by atoms with E-state index in [1.165, 1.54) is 11.1 Å². The first-order valence-corrected chi connectivity index (χ1v) is 21.5. The van der Waals surface area contributed by atoms with Crippen LogP contribution in [0.2, 0.25) is 5.02 Å². The number of aryl methyl sites for hydroxylation is 2. The molecular weight excluding hydrogens is 740 g/mol. The Morgan fingerprint density at radius 1 is 1.09 bits per heavy atom. The average molecular weight is 791 g/mol. The van der Waals surface area contributed by atoms with Crippen LogP contribution in [0.4, 0.5) is 11.5 Å². The van der Waals surface area contributed by atoms with Gasteiger partial charge >= 0.3 is 0 Å². The minimum absolute atomic E-state index is 0.0182. The van der Waals surface area contributed by atoms with Crippen LogP contribution in [0.5, 0.6) is 5.75 Å². The molecule has 1 saturated heterocycles. The highest BCUT2D eigenvalue weighted by Gasteiger charge is 2.44. The predicted octanol–water partition coefficient (Wildman–Crippen LogP) is 5.97. The Balaban J connectivity index is 1.17. The van der Waals surface area contributed by atoms with Gasteiger partial charge in [-0.25, -0.2) is 4.21 Å². The monoisotopic (exact) mass is 790 g/mol. The number of methoxy groups -OCH3 is 2. The number of hydrogen-bond acceptors (Lipinski definition) is 9. The van der Waals surface area contributed by atoms with Crippen molar-refractivity contribution >= 4 is 44.8 Å². The van der Waals surface area contributed by atoms with Crippen molar-refractivity contribution in [2.45, 2.75) is 63.1 Å². The predicted molar refractivity (Wildman–Crippen MR) is 214 cm³/mol. The number of rotatable bonds is 5. The minimum Gasteiger partial charge on any atom is -0.490 e. The maximum Gasteiger partial charge on any atom is 0.286 e. The molecule has 1 spiro atoms. The molecule has 2 fully saturated rings. The van der Waals surface area contributed by atoms with Crippen LogP contribution in [0.15, 0.2) is 59.1 Å². The topological polar surface area (TPSA) is 128 Å². The standard InChI is InChI=1S/C41H51ClN6O6S/c1-26-7-5-9-36(53-4)32-13-10-29(32)19-48-24-41(16-6-8-27-17-30(42)12-14-34(27)41)25-54-37-15-11-28(18-35(37)48)39(49)44-55(51,23-26)45-40(50)33-22-46(2)43-38(33)47-20-31(21-47)52-3/h5,9,11-12,14-15,17-18,22,26,29,31-32,36H,6-8,10,13,16,19-21,23-25H2,1-4H3,(H,44,45,49,50,51)/b9-5-/t26-,29-,32+,36-,41-,55?/m0/s1. The molecule has 2 amide bonds. The molecule has 3 aromatic rings. The van der Waals surface area contributed by atoms with Gasteiger partial charge in [0.25, 0.3) is 11.8 Å². The third-order valence-corrected chi connectivity index (χ3v) is 14.5. The summed E-state index contributed by atoms with van der Waals surface area (Å²) >= 11 is 6.48. The van der Waals surface area contributed by atoms with E-state index in [1.807, 2.05) is 30.0 Å². The summed E-state index contributed by atoms with van der Waals surface area (Å²) < 4.78 is 41.6. The molecule has 2 aliphatic carbocycles. The molecule has 55 heavy (non-hydrogen) atoms. The van der Waals surface area contributed by atoms with Crippen LogP contribution in [0, 0.1) is 17.8 Å². The fraction of sp³-hybridized carbons (Fsp3) is 0.537. The van der Waals surface area contributed by atoms with Crippen molar-refractivity contribution in [3.05, 3.63) is 82.0 Å². The van der Waals surface area contributed by atoms with Crippen LogP contribution in [0.3, 0.4) is 0 Å². The second-order valence-electron chi connectivity index (χ2n) is 16.2. The molecule has 2 bridgehead atoms. The Bertz CT molecular complexity index is 2120. The van der Waals surface area contributed by atoms with Gasteiger partial charge in [0.15, 0.2) is 5.82 Å². The zero-order valence-electron chi connectivity index (χ0n) is 32.0. The fourth-order valence-corrected chi connectivity index (χ4v) is 11.3. The van der Waals surface area contributed by atoms with Crippen molar-refractivity contribution in [1.82, 2.24) is 14.5 Å². The van der Waals surface area contributed by atoms with Gasteiger partial charge in [0.05, 0.1) is 30.3 Å². The quantitative estimate of drug-likeness (QED) is 0.311. The lowest BCUT2D eigenvalue weighted by molar-refractivity contribution is 0.0131. The number of hydrogen-bond donors (Lipinski definition) is 1. The lowest BCUT2D eigenvalue weighted by atomic mass is 9.68. The molecule has 294 valence electrons. The molecule has 2 aromatic carbocycles. The van der Waals surface area contributed by atoms with Crippen LogP contribution in [-0.2, 0) is 38.3 Å². The van der Waals surface area contributed by atoms with E-state index >= 15 is 0 Å². The van der Waals surface area contributed by atoms with Crippen LogP contribution < -0.4 is 19.3 Å². The molecular formula is C41H51ClN6O6S. The second-order valence-corrected chi connectivity index (χ2v) is 18.6. The largest absolute Gasteiger partial charge is 0.490 e. The summed E-state index contributed by atoms with van der Waals surface area (Å²) in [6.07, 6.45) is 11.5. The number of amides is 2. The number of aromatic nitrogens is 2. The molecule has 1 N–H and O–H groups in total. The van der Waals surface area contributed by atoms with Crippen molar-refractivity contribution in [3.8, 4) is 5.75 Å². The van der Waals surface area contributed by atoms with E-state index in [-0.39, 0.29) is 40.4 Å². The highest BCUT2D eigenvalue weighted by Crippen LogP contribution is 2.47. The van der Waals surface area contributed by atoms with Gasteiger partial charge in [0.2, 0.25) is 0 Å². The van der Waals surface area contributed by atoms with Gasteiger partial charge in [0, 0.05) is 69.6 Å². The van der Waals surface area contributed by atoms with Crippen LogP contribution in [0.1, 0.15) is 70.9 Å². The maximum atomic E-state index is 14.8. The fourth-order valence-electron chi connectivity index (χ4n) is 9.20. The summed E-state index contributed by atoms with van der Waals surface area (Å²) in [6.45, 7) is 5.10. The minimum atomic E-state index is -3.60. The lowest BCUT2D eigenvalue weighted by Crippen LogP contribution is -2.52. The maximum absolute atomic E-state index is 14.8. The van der Waals surface area contributed by atoms with Gasteiger partial charge in [-0.2, -0.15) is 5.10 Å². The van der Waals surface area contributed by atoms with E-state index in [4.69, 9.17) is 25.8 Å². The number of benzene rings is 2. The highest BCUT2D eigenvalue weighted by atomic mass is 35.5. The van der Waals surface area contributed by atoms with Gasteiger partial charge in [-0.05, 0) is 97.7 Å². The summed E-state index contributed by atoms with van der Waals surface area (Å²) in [5, 5.41) is 5.25. The van der Waals surface area contributed by atoms with Crippen molar-refractivity contribution < 1.29 is 28.0 Å².